The fraction of sp³-hybridized carbons (Fsp3) is 0.0833. The molecule has 1 heteroatoms. The summed E-state index contributed by atoms with van der Waals surface area (Å²) in [5.74, 6) is 0. The van der Waals surface area contributed by atoms with E-state index in [0.29, 0.717) is 0 Å². The third-order valence-corrected chi connectivity index (χ3v) is 10.1. The molecule has 234 valence electrons. The highest BCUT2D eigenvalue weighted by Gasteiger charge is 2.19. The summed E-state index contributed by atoms with van der Waals surface area (Å²) < 4.78 is 2.40. The monoisotopic (exact) mass is 627 g/mol. The lowest BCUT2D eigenvalue weighted by atomic mass is 9.85. The van der Waals surface area contributed by atoms with Crippen molar-refractivity contribution in [1.82, 2.24) is 4.57 Å². The summed E-state index contributed by atoms with van der Waals surface area (Å²) in [6.07, 6.45) is 0. The van der Waals surface area contributed by atoms with E-state index in [9.17, 15) is 0 Å². The molecule has 1 nitrogen and oxygen atoms in total. The van der Waals surface area contributed by atoms with Gasteiger partial charge in [0.2, 0.25) is 0 Å². The van der Waals surface area contributed by atoms with Gasteiger partial charge in [-0.25, -0.2) is 0 Å². The zero-order valence-corrected chi connectivity index (χ0v) is 28.1. The molecule has 9 aromatic rings. The van der Waals surface area contributed by atoms with E-state index in [1.54, 1.807) is 0 Å². The average Bonchev–Trinajstić information content (AvgIpc) is 3.47. The number of aromatic nitrogens is 1. The summed E-state index contributed by atoms with van der Waals surface area (Å²) in [5.41, 5.74) is 12.6. The van der Waals surface area contributed by atoms with Crippen LogP contribution in [0.15, 0.2) is 170 Å². The first kappa shape index (κ1) is 29.2. The van der Waals surface area contributed by atoms with Crippen molar-refractivity contribution in [2.24, 2.45) is 0 Å². The van der Waals surface area contributed by atoms with Crippen LogP contribution in [0.2, 0.25) is 0 Å². The first-order chi connectivity index (χ1) is 24.0. The fourth-order valence-electron chi connectivity index (χ4n) is 7.71. The van der Waals surface area contributed by atoms with Crippen LogP contribution in [0, 0.1) is 0 Å². The summed E-state index contributed by atoms with van der Waals surface area (Å²) in [4.78, 5) is 0. The highest BCUT2D eigenvalue weighted by atomic mass is 15.0. The van der Waals surface area contributed by atoms with Gasteiger partial charge >= 0.3 is 0 Å². The molecular weight excluding hydrogens is 591 g/mol. The Morgan fingerprint density at radius 2 is 0.776 bits per heavy atom. The maximum atomic E-state index is 2.40. The lowest BCUT2D eigenvalue weighted by Crippen LogP contribution is -2.10. The van der Waals surface area contributed by atoms with Gasteiger partial charge in [-0.3, -0.25) is 0 Å². The van der Waals surface area contributed by atoms with Crippen LogP contribution in [0.5, 0.6) is 0 Å². The number of fused-ring (bicyclic) bond motifs is 5. The van der Waals surface area contributed by atoms with E-state index in [2.05, 4.69) is 195 Å². The molecule has 0 bridgehead atoms. The SMILES string of the molecule is CC(C)(C)c1ccc2c(c1)c1cc(-c3ccc(-c4c5ccccc5c(-c5ccccc5)c5ccccc45)cc3)ccc1n2-c1ccccc1. The lowest BCUT2D eigenvalue weighted by Gasteiger charge is -2.19. The third kappa shape index (κ3) is 4.85. The van der Waals surface area contributed by atoms with Crippen LogP contribution in [0.3, 0.4) is 0 Å². The molecule has 0 saturated heterocycles. The molecule has 0 N–H and O–H groups in total. The Morgan fingerprint density at radius 1 is 0.347 bits per heavy atom. The second-order valence-electron chi connectivity index (χ2n) is 14.2. The molecule has 49 heavy (non-hydrogen) atoms. The van der Waals surface area contributed by atoms with Gasteiger partial charge in [-0.2, -0.15) is 0 Å². The number of nitrogens with zero attached hydrogens (tertiary/aromatic N) is 1. The molecule has 0 radical (unpaired) electrons. The van der Waals surface area contributed by atoms with E-state index in [1.165, 1.54) is 88.0 Å². The quantitative estimate of drug-likeness (QED) is 0.171. The summed E-state index contributed by atoms with van der Waals surface area (Å²) >= 11 is 0. The molecule has 0 aliphatic heterocycles. The molecule has 1 aromatic heterocycles. The predicted octanol–water partition coefficient (Wildman–Crippen LogP) is 13.4. The van der Waals surface area contributed by atoms with Gasteiger partial charge in [0.25, 0.3) is 0 Å². The van der Waals surface area contributed by atoms with E-state index >= 15 is 0 Å². The third-order valence-electron chi connectivity index (χ3n) is 10.1. The highest BCUT2D eigenvalue weighted by Crippen LogP contribution is 2.44. The summed E-state index contributed by atoms with van der Waals surface area (Å²) in [6.45, 7) is 6.87. The van der Waals surface area contributed by atoms with E-state index < -0.39 is 0 Å². The van der Waals surface area contributed by atoms with Gasteiger partial charge in [-0.15, -0.1) is 0 Å². The van der Waals surface area contributed by atoms with Gasteiger partial charge in [0.05, 0.1) is 11.0 Å². The van der Waals surface area contributed by atoms with Crippen LogP contribution in [0.1, 0.15) is 26.3 Å². The minimum atomic E-state index is 0.0659. The summed E-state index contributed by atoms with van der Waals surface area (Å²) in [6, 6.07) is 62.4. The number of para-hydroxylation sites is 1. The highest BCUT2D eigenvalue weighted by molar-refractivity contribution is 6.21. The second kappa shape index (κ2) is 11.4. The molecule has 9 rings (SSSR count). The molecule has 0 aliphatic rings. The predicted molar refractivity (Wildman–Crippen MR) is 211 cm³/mol. The molecule has 1 heterocycles. The molecule has 0 atom stereocenters. The largest absolute Gasteiger partial charge is 0.309 e. The normalized spacial score (nSPS) is 12.0. The molecule has 0 fully saturated rings. The first-order valence-corrected chi connectivity index (χ1v) is 17.2. The van der Waals surface area contributed by atoms with Crippen molar-refractivity contribution in [3.05, 3.63) is 175 Å². The van der Waals surface area contributed by atoms with Gasteiger partial charge in [0.15, 0.2) is 0 Å². The van der Waals surface area contributed by atoms with E-state index in [4.69, 9.17) is 0 Å². The standard InChI is InChI=1S/C48H37N/c1-48(2,3)36-27-29-45-43(31-36)42-30-35(26-28-44(42)49(45)37-16-8-5-9-17-37)32-22-24-34(25-23-32)47-40-20-12-10-18-38(40)46(33-14-6-4-7-15-33)39-19-11-13-21-41(39)47/h4-31H,1-3H3. The van der Waals surface area contributed by atoms with Gasteiger partial charge in [-0.1, -0.05) is 154 Å². The Bertz CT molecular complexity index is 2600. The minimum absolute atomic E-state index is 0.0659. The Balaban J connectivity index is 1.21. The zero-order chi connectivity index (χ0) is 33.1. The van der Waals surface area contributed by atoms with Gasteiger partial charge in [0, 0.05) is 16.5 Å². The first-order valence-electron chi connectivity index (χ1n) is 17.2. The topological polar surface area (TPSA) is 4.93 Å². The summed E-state index contributed by atoms with van der Waals surface area (Å²) in [5, 5.41) is 7.68. The van der Waals surface area contributed by atoms with Crippen LogP contribution >= 0.6 is 0 Å². The van der Waals surface area contributed by atoms with E-state index in [1.807, 2.05) is 0 Å². The molecule has 0 unspecified atom stereocenters. The maximum absolute atomic E-state index is 2.40. The van der Waals surface area contributed by atoms with Crippen molar-refractivity contribution in [2.75, 3.05) is 0 Å². The molecule has 0 saturated carbocycles. The van der Waals surface area contributed by atoms with Crippen LogP contribution in [-0.4, -0.2) is 4.57 Å². The Morgan fingerprint density at radius 3 is 1.33 bits per heavy atom. The van der Waals surface area contributed by atoms with Gasteiger partial charge in [-0.05, 0) is 102 Å². The zero-order valence-electron chi connectivity index (χ0n) is 28.1. The maximum Gasteiger partial charge on any atom is 0.0541 e. The van der Waals surface area contributed by atoms with Crippen LogP contribution < -0.4 is 0 Å². The van der Waals surface area contributed by atoms with Crippen molar-refractivity contribution in [3.63, 3.8) is 0 Å². The molecule has 8 aromatic carbocycles. The van der Waals surface area contributed by atoms with E-state index in [-0.39, 0.29) is 5.41 Å². The smallest absolute Gasteiger partial charge is 0.0541 e. The summed E-state index contributed by atoms with van der Waals surface area (Å²) in [7, 11) is 0. The van der Waals surface area contributed by atoms with Gasteiger partial charge < -0.3 is 4.57 Å². The average molecular weight is 628 g/mol. The molecule has 0 amide bonds. The Kier molecular flexibility index (Phi) is 6.78. The Labute approximate surface area is 287 Å². The fourth-order valence-corrected chi connectivity index (χ4v) is 7.71. The number of benzene rings is 8. The van der Waals surface area contributed by atoms with Crippen LogP contribution in [0.4, 0.5) is 0 Å². The number of hydrogen-bond donors (Lipinski definition) is 0. The molecule has 0 aliphatic carbocycles. The van der Waals surface area contributed by atoms with E-state index in [0.717, 1.165) is 0 Å². The van der Waals surface area contributed by atoms with Crippen molar-refractivity contribution < 1.29 is 0 Å². The number of hydrogen-bond acceptors (Lipinski definition) is 0. The molecule has 0 spiro atoms. The van der Waals surface area contributed by atoms with Crippen molar-refractivity contribution >= 4 is 43.4 Å². The minimum Gasteiger partial charge on any atom is -0.309 e. The lowest BCUT2D eigenvalue weighted by molar-refractivity contribution is 0.591. The van der Waals surface area contributed by atoms with Gasteiger partial charge in [0.1, 0.15) is 0 Å². The number of rotatable bonds is 4. The van der Waals surface area contributed by atoms with Crippen LogP contribution in [0.25, 0.3) is 82.4 Å². The van der Waals surface area contributed by atoms with Crippen molar-refractivity contribution in [3.8, 4) is 39.1 Å². The van der Waals surface area contributed by atoms with Crippen LogP contribution in [-0.2, 0) is 5.41 Å². The van der Waals surface area contributed by atoms with Crippen molar-refractivity contribution in [2.45, 2.75) is 26.2 Å². The molecular formula is C48H37N. The Hall–Kier alpha value is -5.92. The second-order valence-corrected chi connectivity index (χ2v) is 14.2. The van der Waals surface area contributed by atoms with Crippen molar-refractivity contribution in [1.29, 1.82) is 0 Å².